The summed E-state index contributed by atoms with van der Waals surface area (Å²) in [4.78, 5) is 36.9. The first-order valence-electron chi connectivity index (χ1n) is 5.61. The largest absolute Gasteiger partial charge is 0.480 e. The van der Waals surface area contributed by atoms with Crippen LogP contribution in [0.25, 0.3) is 11.2 Å². The van der Waals surface area contributed by atoms with Gasteiger partial charge in [-0.05, 0) is 6.92 Å². The molecule has 0 saturated carbocycles. The highest BCUT2D eigenvalue weighted by Crippen LogP contribution is 2.13. The van der Waals surface area contributed by atoms with Crippen molar-refractivity contribution >= 4 is 29.0 Å². The maximum Gasteiger partial charge on any atom is 0.328 e. The molecule has 2 aromatic rings. The predicted molar refractivity (Wildman–Crippen MR) is 66.9 cm³/mol. The molecule has 0 radical (unpaired) electrons. The number of aliphatic hydroxyl groups excluding tert-OH is 1. The molecule has 0 spiro atoms. The number of aromatic nitrogens is 4. The van der Waals surface area contributed by atoms with Gasteiger partial charge in [-0.2, -0.15) is 0 Å². The Morgan fingerprint density at radius 2 is 2.10 bits per heavy atom. The highest BCUT2D eigenvalue weighted by molar-refractivity contribution is 5.97. The maximum atomic E-state index is 11.7. The summed E-state index contributed by atoms with van der Waals surface area (Å²) in [6, 6.07) is -2.23. The monoisotopic (exact) mass is 280 g/mol. The molecule has 2 rings (SSSR count). The van der Waals surface area contributed by atoms with Crippen LogP contribution in [0, 0.1) is 0 Å². The lowest BCUT2D eigenvalue weighted by Gasteiger charge is -2.17. The van der Waals surface area contributed by atoms with Gasteiger partial charge in [-0.25, -0.2) is 24.5 Å². The molecular weight excluding hydrogens is 268 g/mol. The van der Waals surface area contributed by atoms with Crippen molar-refractivity contribution in [3.63, 3.8) is 0 Å². The molecule has 0 aliphatic carbocycles. The quantitative estimate of drug-likeness (QED) is 0.496. The van der Waals surface area contributed by atoms with Crippen molar-refractivity contribution < 1.29 is 19.8 Å². The predicted octanol–water partition coefficient (Wildman–Crippen LogP) is -0.692. The summed E-state index contributed by atoms with van der Waals surface area (Å²) in [5.41, 5.74) is 0.771. The second-order valence-electron chi connectivity index (χ2n) is 3.98. The van der Waals surface area contributed by atoms with Gasteiger partial charge in [0.2, 0.25) is 0 Å². The Bertz CT molecular complexity index is 639. The summed E-state index contributed by atoms with van der Waals surface area (Å²) in [6.45, 7) is 1.26. The van der Waals surface area contributed by atoms with Crippen molar-refractivity contribution in [1.29, 1.82) is 0 Å². The van der Waals surface area contributed by atoms with E-state index < -0.39 is 24.1 Å². The van der Waals surface area contributed by atoms with Crippen LogP contribution in [0.1, 0.15) is 6.92 Å². The zero-order valence-electron chi connectivity index (χ0n) is 10.4. The van der Waals surface area contributed by atoms with E-state index in [-0.39, 0.29) is 5.82 Å². The highest BCUT2D eigenvalue weighted by atomic mass is 16.4. The zero-order valence-corrected chi connectivity index (χ0v) is 10.4. The molecule has 0 aliphatic heterocycles. The number of hydrogen-bond donors (Lipinski definition) is 5. The molecule has 2 amide bonds. The van der Waals surface area contributed by atoms with Crippen molar-refractivity contribution in [3.8, 4) is 0 Å². The van der Waals surface area contributed by atoms with Crippen LogP contribution in [0.15, 0.2) is 12.7 Å². The molecule has 20 heavy (non-hydrogen) atoms. The van der Waals surface area contributed by atoms with E-state index in [1.807, 2.05) is 0 Å². The van der Waals surface area contributed by atoms with E-state index in [0.29, 0.717) is 11.2 Å². The average molecular weight is 280 g/mol. The molecule has 10 nitrogen and oxygen atoms in total. The smallest absolute Gasteiger partial charge is 0.328 e. The number of carboxylic acid groups (broad SMARTS) is 1. The zero-order chi connectivity index (χ0) is 14.7. The molecule has 2 atom stereocenters. The van der Waals surface area contributed by atoms with Crippen molar-refractivity contribution in [1.82, 2.24) is 25.3 Å². The van der Waals surface area contributed by atoms with Crippen LogP contribution >= 0.6 is 0 Å². The number of nitrogens with zero attached hydrogens (tertiary/aromatic N) is 3. The fourth-order valence-electron chi connectivity index (χ4n) is 1.53. The lowest BCUT2D eigenvalue weighted by molar-refractivity contribution is -0.141. The number of carbonyl (C=O) groups is 2. The normalized spacial score (nSPS) is 13.7. The number of carboxylic acids is 1. The van der Waals surface area contributed by atoms with Crippen molar-refractivity contribution in [3.05, 3.63) is 12.7 Å². The fourth-order valence-corrected chi connectivity index (χ4v) is 1.53. The van der Waals surface area contributed by atoms with Gasteiger partial charge in [-0.1, -0.05) is 0 Å². The summed E-state index contributed by atoms with van der Waals surface area (Å²) in [7, 11) is 0. The number of fused-ring (bicyclic) bond motifs is 1. The molecule has 0 aromatic carbocycles. The SMILES string of the molecule is CC(O)C(NC(=O)Nc1ncnc2nc[nH]c12)C(=O)O. The second kappa shape index (κ2) is 5.48. The van der Waals surface area contributed by atoms with E-state index >= 15 is 0 Å². The Labute approximate surface area is 112 Å². The molecule has 0 saturated heterocycles. The number of nitrogens with one attached hydrogen (secondary N) is 3. The summed E-state index contributed by atoms with van der Waals surface area (Å²) in [5.74, 6) is -1.19. The first kappa shape index (κ1) is 13.7. The van der Waals surface area contributed by atoms with Gasteiger partial charge in [-0.3, -0.25) is 5.32 Å². The third-order valence-corrected chi connectivity index (χ3v) is 2.49. The van der Waals surface area contributed by atoms with Gasteiger partial charge < -0.3 is 20.5 Å². The van der Waals surface area contributed by atoms with E-state index in [1.165, 1.54) is 19.6 Å². The van der Waals surface area contributed by atoms with Crippen LogP contribution < -0.4 is 10.6 Å². The van der Waals surface area contributed by atoms with Crippen LogP contribution in [-0.2, 0) is 4.79 Å². The van der Waals surface area contributed by atoms with Gasteiger partial charge >= 0.3 is 12.0 Å². The van der Waals surface area contributed by atoms with Crippen molar-refractivity contribution in [2.75, 3.05) is 5.32 Å². The van der Waals surface area contributed by atoms with Crippen LogP contribution in [0.5, 0.6) is 0 Å². The number of aliphatic carboxylic acids is 1. The minimum Gasteiger partial charge on any atom is -0.480 e. The van der Waals surface area contributed by atoms with E-state index in [2.05, 4.69) is 30.6 Å². The van der Waals surface area contributed by atoms with Gasteiger partial charge in [0.25, 0.3) is 0 Å². The Kier molecular flexibility index (Phi) is 3.75. The summed E-state index contributed by atoms with van der Waals surface area (Å²) < 4.78 is 0. The number of rotatable bonds is 4. The number of carbonyl (C=O) groups excluding carboxylic acids is 1. The first-order chi connectivity index (χ1) is 9.49. The number of amides is 2. The molecule has 106 valence electrons. The van der Waals surface area contributed by atoms with Crippen LogP contribution in [-0.4, -0.2) is 54.3 Å². The van der Waals surface area contributed by atoms with Crippen LogP contribution in [0.2, 0.25) is 0 Å². The van der Waals surface area contributed by atoms with Crippen molar-refractivity contribution in [2.45, 2.75) is 19.1 Å². The van der Waals surface area contributed by atoms with Gasteiger partial charge in [0.1, 0.15) is 11.8 Å². The molecule has 0 aliphatic rings. The minimum atomic E-state index is -1.42. The van der Waals surface area contributed by atoms with Crippen molar-refractivity contribution in [2.24, 2.45) is 0 Å². The molecule has 5 N–H and O–H groups in total. The molecule has 0 bridgehead atoms. The first-order valence-corrected chi connectivity index (χ1v) is 5.61. The van der Waals surface area contributed by atoms with E-state index in [4.69, 9.17) is 5.11 Å². The number of aromatic amines is 1. The third-order valence-electron chi connectivity index (χ3n) is 2.49. The Hall–Kier alpha value is -2.75. The highest BCUT2D eigenvalue weighted by Gasteiger charge is 2.25. The molecule has 2 unspecified atom stereocenters. The molecular formula is C10H12N6O4. The van der Waals surface area contributed by atoms with Gasteiger partial charge in [0.05, 0.1) is 12.4 Å². The minimum absolute atomic E-state index is 0.153. The number of anilines is 1. The van der Waals surface area contributed by atoms with Crippen LogP contribution in [0.3, 0.4) is 0 Å². The van der Waals surface area contributed by atoms with Gasteiger partial charge in [0, 0.05) is 0 Å². The van der Waals surface area contributed by atoms with Gasteiger partial charge in [0.15, 0.2) is 17.5 Å². The third kappa shape index (κ3) is 2.80. The lowest BCUT2D eigenvalue weighted by atomic mass is 10.2. The van der Waals surface area contributed by atoms with E-state index in [0.717, 1.165) is 0 Å². The number of aliphatic hydroxyl groups is 1. The Balaban J connectivity index is 2.12. The molecule has 2 heterocycles. The molecule has 2 aromatic heterocycles. The lowest BCUT2D eigenvalue weighted by Crippen LogP contribution is -2.49. The standard InChI is InChI=1S/C10H12N6O4/c1-4(17)5(9(18)19)15-10(20)16-8-6-7(12-2-11-6)13-3-14-8/h2-5,17H,1H3,(H,18,19)(H3,11,12,13,14,15,16,20). The number of urea groups is 1. The molecule has 0 fully saturated rings. The maximum absolute atomic E-state index is 11.7. The fraction of sp³-hybridized carbons (Fsp3) is 0.300. The van der Waals surface area contributed by atoms with E-state index in [9.17, 15) is 14.7 Å². The van der Waals surface area contributed by atoms with Gasteiger partial charge in [-0.15, -0.1) is 0 Å². The van der Waals surface area contributed by atoms with Crippen LogP contribution in [0.4, 0.5) is 10.6 Å². The number of hydrogen-bond acceptors (Lipinski definition) is 6. The Morgan fingerprint density at radius 1 is 1.35 bits per heavy atom. The summed E-state index contributed by atoms with van der Waals surface area (Å²) in [6.07, 6.45) is 1.36. The average Bonchev–Trinajstić information content (AvgIpc) is 2.84. The Morgan fingerprint density at radius 3 is 2.75 bits per heavy atom. The summed E-state index contributed by atoms with van der Waals surface area (Å²) >= 11 is 0. The molecule has 10 heteroatoms. The second-order valence-corrected chi connectivity index (χ2v) is 3.98. The summed E-state index contributed by atoms with van der Waals surface area (Å²) in [5, 5.41) is 22.6. The number of imidazole rings is 1. The number of H-pyrrole nitrogens is 1. The topological polar surface area (TPSA) is 153 Å². The van der Waals surface area contributed by atoms with E-state index in [1.54, 1.807) is 0 Å².